The van der Waals surface area contributed by atoms with E-state index in [9.17, 15) is 5.21 Å². The molecule has 3 heteroatoms. The fraction of sp³-hybridized carbons (Fsp3) is 1.00. The van der Waals surface area contributed by atoms with Crippen molar-refractivity contribution >= 4 is 0 Å². The summed E-state index contributed by atoms with van der Waals surface area (Å²) in [5, 5.41) is 12.2. The highest BCUT2D eigenvalue weighted by atomic mass is 16.5. The summed E-state index contributed by atoms with van der Waals surface area (Å²) in [6, 6.07) is 0. The van der Waals surface area contributed by atoms with Crippen LogP contribution in [0.5, 0.6) is 0 Å². The third-order valence-corrected chi connectivity index (χ3v) is 0.563. The Morgan fingerprint density at radius 3 is 1.33 bits per heavy atom. The van der Waals surface area contributed by atoms with Crippen LogP contribution in [0.1, 0.15) is 0 Å². The molecule has 0 atom stereocenters. The minimum atomic E-state index is 0.750. The zero-order valence-electron chi connectivity index (χ0n) is 4.30. The fourth-order valence-electron chi connectivity index (χ4n) is 0. The largest absolute Gasteiger partial charge is 0.772 e. The molecule has 0 bridgehead atoms. The Bertz CT molecular complexity index is 29.8. The molecule has 0 aromatic rings. The second-order valence-electron chi connectivity index (χ2n) is 1.31. The first-order valence-corrected chi connectivity index (χ1v) is 1.72. The molecule has 0 aliphatic heterocycles. The van der Waals surface area contributed by atoms with Gasteiger partial charge in [-0.3, -0.25) is 5.01 Å². The maximum atomic E-state index is 9.99. The van der Waals surface area contributed by atoms with Gasteiger partial charge in [0.2, 0.25) is 0 Å². The van der Waals surface area contributed by atoms with Crippen molar-refractivity contribution in [2.75, 3.05) is 21.1 Å². The summed E-state index contributed by atoms with van der Waals surface area (Å²) in [5.41, 5.74) is 0. The Morgan fingerprint density at radius 1 is 1.17 bits per heavy atom. The fourth-order valence-corrected chi connectivity index (χ4v) is 0. The summed E-state index contributed by atoms with van der Waals surface area (Å²) < 4.78 is 0. The van der Waals surface area contributed by atoms with Gasteiger partial charge in [0.15, 0.2) is 0 Å². The minimum absolute atomic E-state index is 0.750. The van der Waals surface area contributed by atoms with E-state index in [-0.39, 0.29) is 0 Å². The molecule has 6 heavy (non-hydrogen) atoms. The lowest BCUT2D eigenvalue weighted by Gasteiger charge is -2.29. The van der Waals surface area contributed by atoms with E-state index in [1.807, 2.05) is 0 Å². The lowest BCUT2D eigenvalue weighted by Crippen LogP contribution is -2.26. The summed E-state index contributed by atoms with van der Waals surface area (Å²) in [5.74, 6) is 0. The van der Waals surface area contributed by atoms with Gasteiger partial charge >= 0.3 is 0 Å². The third kappa shape index (κ3) is 2.14. The number of hydrogen-bond donors (Lipinski definition) is 0. The highest BCUT2D eigenvalue weighted by Gasteiger charge is 1.77. The summed E-state index contributed by atoms with van der Waals surface area (Å²) in [4.78, 5) is 0. The Labute approximate surface area is 37.7 Å². The van der Waals surface area contributed by atoms with Gasteiger partial charge in [-0.1, -0.05) is 0 Å². The van der Waals surface area contributed by atoms with Crippen molar-refractivity contribution in [1.29, 1.82) is 0 Å². The molecule has 0 N–H and O–H groups in total. The normalized spacial score (nSPS) is 11.0. The summed E-state index contributed by atoms with van der Waals surface area (Å²) in [6.07, 6.45) is 0. The van der Waals surface area contributed by atoms with Crippen LogP contribution in [0.15, 0.2) is 0 Å². The van der Waals surface area contributed by atoms with Crippen LogP contribution < -0.4 is 0 Å². The molecule has 0 radical (unpaired) electrons. The number of nitrogens with zero attached hydrogens (tertiary/aromatic N) is 2. The Balaban J connectivity index is 2.99. The van der Waals surface area contributed by atoms with Gasteiger partial charge in [-0.2, -0.15) is 0 Å². The zero-order valence-corrected chi connectivity index (χ0v) is 4.30. The molecule has 0 saturated heterocycles. The smallest absolute Gasteiger partial charge is 0.000535 e. The van der Waals surface area contributed by atoms with Crippen LogP contribution in [0.25, 0.3) is 0 Å². The molecule has 3 nitrogen and oxygen atoms in total. The maximum absolute atomic E-state index is 9.99. The summed E-state index contributed by atoms with van der Waals surface area (Å²) in [7, 11) is 4.82. The van der Waals surface area contributed by atoms with Gasteiger partial charge in [0.05, 0.1) is 0 Å². The van der Waals surface area contributed by atoms with Crippen molar-refractivity contribution in [2.24, 2.45) is 0 Å². The molecule has 0 amide bonds. The number of rotatable bonds is 1. The molecule has 0 unspecified atom stereocenters. The van der Waals surface area contributed by atoms with Crippen LogP contribution in [0.2, 0.25) is 0 Å². The van der Waals surface area contributed by atoms with Crippen LogP contribution >= 0.6 is 0 Å². The van der Waals surface area contributed by atoms with Gasteiger partial charge in [-0.05, 0) is 7.05 Å². The van der Waals surface area contributed by atoms with E-state index in [1.165, 1.54) is 12.1 Å². The van der Waals surface area contributed by atoms with Crippen molar-refractivity contribution in [1.82, 2.24) is 10.2 Å². The second-order valence-corrected chi connectivity index (χ2v) is 1.31. The van der Waals surface area contributed by atoms with E-state index < -0.39 is 0 Å². The molecular formula is C3H9N2O-. The number of hydrazine groups is 1. The maximum Gasteiger partial charge on any atom is 0.000535 e. The van der Waals surface area contributed by atoms with E-state index in [0.29, 0.717) is 0 Å². The van der Waals surface area contributed by atoms with Crippen LogP contribution in [0.3, 0.4) is 0 Å². The third-order valence-electron chi connectivity index (χ3n) is 0.563. The van der Waals surface area contributed by atoms with Crippen LogP contribution in [-0.2, 0) is 0 Å². The molecule has 0 aromatic carbocycles. The average molecular weight is 89.1 g/mol. The lowest BCUT2D eigenvalue weighted by molar-refractivity contribution is 0.117. The molecular weight excluding hydrogens is 80.0 g/mol. The van der Waals surface area contributed by atoms with E-state index in [2.05, 4.69) is 0 Å². The van der Waals surface area contributed by atoms with E-state index >= 15 is 0 Å². The SMILES string of the molecule is CN(C)N(C)[O-]. The van der Waals surface area contributed by atoms with Gasteiger partial charge in [0, 0.05) is 14.1 Å². The van der Waals surface area contributed by atoms with Gasteiger partial charge < -0.3 is 10.4 Å². The topological polar surface area (TPSA) is 29.5 Å². The van der Waals surface area contributed by atoms with Crippen LogP contribution in [0, 0.1) is 5.21 Å². The van der Waals surface area contributed by atoms with Crippen molar-refractivity contribution in [2.45, 2.75) is 0 Å². The zero-order chi connectivity index (χ0) is 5.15. The Hall–Kier alpha value is -0.120. The standard InChI is InChI=1S/C3H9N2O/c1-4(2)5(3)6/h1-3H3/q-1. The summed E-state index contributed by atoms with van der Waals surface area (Å²) >= 11 is 0. The highest BCUT2D eigenvalue weighted by molar-refractivity contribution is 4.33. The van der Waals surface area contributed by atoms with Gasteiger partial charge in [-0.25, -0.2) is 0 Å². The minimum Gasteiger partial charge on any atom is -0.772 e. The average Bonchev–Trinajstić information content (AvgIpc) is 1.36. The molecule has 0 rings (SSSR count). The predicted molar refractivity (Wildman–Crippen MR) is 24.8 cm³/mol. The van der Waals surface area contributed by atoms with Crippen molar-refractivity contribution in [3.05, 3.63) is 5.21 Å². The van der Waals surface area contributed by atoms with E-state index in [4.69, 9.17) is 0 Å². The Kier molecular flexibility index (Phi) is 2.08. The lowest BCUT2D eigenvalue weighted by atomic mass is 11.1. The molecule has 0 aliphatic rings. The van der Waals surface area contributed by atoms with E-state index in [0.717, 1.165) is 5.17 Å². The number of hydrogen-bond acceptors (Lipinski definition) is 3. The molecule has 0 aliphatic carbocycles. The van der Waals surface area contributed by atoms with Crippen LogP contribution in [-0.4, -0.2) is 31.3 Å². The molecule has 0 fully saturated rings. The summed E-state index contributed by atoms with van der Waals surface area (Å²) in [6.45, 7) is 0. The predicted octanol–water partition coefficient (Wildman–Crippen LogP) is -0.107. The molecule has 0 spiro atoms. The first-order chi connectivity index (χ1) is 2.64. The quantitative estimate of drug-likeness (QED) is 0.420. The molecule has 0 aromatic heterocycles. The molecule has 0 heterocycles. The van der Waals surface area contributed by atoms with Gasteiger partial charge in [0.25, 0.3) is 0 Å². The number of hydroxylamine groups is 1. The second kappa shape index (κ2) is 2.12. The van der Waals surface area contributed by atoms with Crippen molar-refractivity contribution < 1.29 is 0 Å². The molecule has 38 valence electrons. The molecule has 0 saturated carbocycles. The first-order valence-electron chi connectivity index (χ1n) is 1.72. The first kappa shape index (κ1) is 5.88. The van der Waals surface area contributed by atoms with E-state index in [1.54, 1.807) is 14.1 Å². The monoisotopic (exact) mass is 89.1 g/mol. The van der Waals surface area contributed by atoms with Crippen molar-refractivity contribution in [3.63, 3.8) is 0 Å². The van der Waals surface area contributed by atoms with Crippen LogP contribution in [0.4, 0.5) is 0 Å². The Morgan fingerprint density at radius 2 is 1.33 bits per heavy atom. The highest BCUT2D eigenvalue weighted by Crippen LogP contribution is 1.75. The van der Waals surface area contributed by atoms with Crippen molar-refractivity contribution in [3.8, 4) is 0 Å². The van der Waals surface area contributed by atoms with Gasteiger partial charge in [0.1, 0.15) is 0 Å². The van der Waals surface area contributed by atoms with Gasteiger partial charge in [-0.15, -0.1) is 0 Å².